The van der Waals surface area contributed by atoms with Crippen molar-refractivity contribution in [1.82, 2.24) is 14.8 Å². The van der Waals surface area contributed by atoms with Gasteiger partial charge >= 0.3 is 0 Å². The maximum absolute atomic E-state index is 6.57. The number of ether oxygens (including phenoxy) is 1. The molecule has 2 aliphatic rings. The summed E-state index contributed by atoms with van der Waals surface area (Å²) in [6.07, 6.45) is 7.24. The van der Waals surface area contributed by atoms with Gasteiger partial charge in [0.25, 0.3) is 0 Å². The normalized spacial score (nSPS) is 16.7. The van der Waals surface area contributed by atoms with Crippen LogP contribution >= 0.6 is 22.9 Å². The van der Waals surface area contributed by atoms with Crippen LogP contribution in [0.25, 0.3) is 22.0 Å². The van der Waals surface area contributed by atoms with Crippen LogP contribution < -0.4 is 10.1 Å². The molecular weight excluding hydrogens is 560 g/mol. The first-order valence-corrected chi connectivity index (χ1v) is 16.2. The lowest BCUT2D eigenvalue weighted by atomic mass is 10.0. The molecule has 0 spiro atoms. The van der Waals surface area contributed by atoms with Gasteiger partial charge < -0.3 is 15.0 Å². The maximum Gasteiger partial charge on any atom is 0.146 e. The number of nitrogens with one attached hydrogen (secondary N) is 1. The third kappa shape index (κ3) is 6.18. The number of aromatic nitrogens is 1. The number of nitrogens with zero attached hydrogens (tertiary/aromatic N) is 3. The van der Waals surface area contributed by atoms with Crippen LogP contribution in [0, 0.1) is 0 Å². The van der Waals surface area contributed by atoms with Gasteiger partial charge in [0.2, 0.25) is 0 Å². The summed E-state index contributed by atoms with van der Waals surface area (Å²) in [6, 6.07) is 27.1. The molecule has 0 bridgehead atoms. The van der Waals surface area contributed by atoms with Gasteiger partial charge in [-0.1, -0.05) is 41.9 Å². The fourth-order valence-electron chi connectivity index (χ4n) is 6.25. The fraction of sp³-hybridized carbons (Fsp3) is 0.286. The summed E-state index contributed by atoms with van der Waals surface area (Å²) in [5.41, 5.74) is 5.31. The standard InChI is InChI=1S/C35H35ClN4OS/c36-32-22-27(9-11-35(32)41-29-6-2-1-3-7-29)38-33-12-15-37-34-21-25(8-10-31(33)34)26-20-30(42-24-26)23-39-18-13-28(14-19-39)40-16-4-5-17-40/h1-3,6-12,15,20-22,24,28H,4-5,13-14,16-19,23H2,(H,37,38). The van der Waals surface area contributed by atoms with Crippen molar-refractivity contribution >= 4 is 45.2 Å². The molecule has 214 valence electrons. The highest BCUT2D eigenvalue weighted by Gasteiger charge is 2.26. The number of hydrogen-bond donors (Lipinski definition) is 1. The van der Waals surface area contributed by atoms with Crippen LogP contribution in [-0.4, -0.2) is 47.0 Å². The predicted molar refractivity (Wildman–Crippen MR) is 175 cm³/mol. The van der Waals surface area contributed by atoms with Crippen molar-refractivity contribution in [2.75, 3.05) is 31.5 Å². The SMILES string of the molecule is Clc1cc(Nc2ccnc3cc(-c4csc(CN5CCC(N6CCCC6)CC5)c4)ccc23)ccc1Oc1ccccc1. The molecule has 5 nitrogen and oxygen atoms in total. The molecule has 7 heteroatoms. The minimum absolute atomic E-state index is 0.550. The number of anilines is 2. The van der Waals surface area contributed by atoms with Crippen LogP contribution in [0.2, 0.25) is 5.02 Å². The minimum Gasteiger partial charge on any atom is -0.456 e. The van der Waals surface area contributed by atoms with Crippen LogP contribution in [0.3, 0.4) is 0 Å². The van der Waals surface area contributed by atoms with Gasteiger partial charge in [0.05, 0.1) is 10.5 Å². The Balaban J connectivity index is 1.02. The summed E-state index contributed by atoms with van der Waals surface area (Å²) >= 11 is 8.44. The number of likely N-dealkylation sites (tertiary alicyclic amines) is 2. The van der Waals surface area contributed by atoms with Crippen molar-refractivity contribution in [3.05, 3.63) is 100 Å². The summed E-state index contributed by atoms with van der Waals surface area (Å²) in [5.74, 6) is 1.38. The largest absolute Gasteiger partial charge is 0.456 e. The lowest BCUT2D eigenvalue weighted by Crippen LogP contribution is -2.43. The highest BCUT2D eigenvalue weighted by atomic mass is 35.5. The van der Waals surface area contributed by atoms with Gasteiger partial charge in [-0.15, -0.1) is 11.3 Å². The van der Waals surface area contributed by atoms with Gasteiger partial charge in [0.1, 0.15) is 11.5 Å². The summed E-state index contributed by atoms with van der Waals surface area (Å²) in [6.45, 7) is 6.08. The zero-order valence-corrected chi connectivity index (χ0v) is 25.2. The van der Waals surface area contributed by atoms with Gasteiger partial charge in [-0.2, -0.15) is 0 Å². The Morgan fingerprint density at radius 2 is 1.71 bits per heavy atom. The van der Waals surface area contributed by atoms with Crippen LogP contribution in [0.4, 0.5) is 11.4 Å². The molecule has 3 aromatic carbocycles. The molecule has 0 saturated carbocycles. The quantitative estimate of drug-likeness (QED) is 0.194. The molecule has 2 fully saturated rings. The molecular formula is C35H35ClN4OS. The number of rotatable bonds is 8. The van der Waals surface area contributed by atoms with Gasteiger partial charge in [0, 0.05) is 53.5 Å². The molecule has 42 heavy (non-hydrogen) atoms. The molecule has 0 unspecified atom stereocenters. The van der Waals surface area contributed by atoms with Crippen LogP contribution in [0.5, 0.6) is 11.5 Å². The molecule has 4 heterocycles. The number of thiophene rings is 1. The monoisotopic (exact) mass is 594 g/mol. The molecule has 2 aromatic heterocycles. The van der Waals surface area contributed by atoms with Crippen LogP contribution in [0.15, 0.2) is 90.4 Å². The lowest BCUT2D eigenvalue weighted by molar-refractivity contribution is 0.123. The molecule has 2 saturated heterocycles. The smallest absolute Gasteiger partial charge is 0.146 e. The van der Waals surface area contributed by atoms with Crippen molar-refractivity contribution in [2.45, 2.75) is 38.3 Å². The van der Waals surface area contributed by atoms with E-state index in [0.717, 1.165) is 40.6 Å². The Morgan fingerprint density at radius 1 is 0.881 bits per heavy atom. The van der Waals surface area contributed by atoms with Gasteiger partial charge in [-0.25, -0.2) is 0 Å². The average Bonchev–Trinajstić information content (AvgIpc) is 3.73. The molecule has 1 N–H and O–H groups in total. The van der Waals surface area contributed by atoms with E-state index in [1.165, 1.54) is 67.9 Å². The molecule has 2 aliphatic heterocycles. The van der Waals surface area contributed by atoms with Crippen molar-refractivity contribution in [3.63, 3.8) is 0 Å². The molecule has 5 aromatic rings. The Morgan fingerprint density at radius 3 is 2.52 bits per heavy atom. The second-order valence-electron chi connectivity index (χ2n) is 11.3. The first-order chi connectivity index (χ1) is 20.7. The topological polar surface area (TPSA) is 40.6 Å². The van der Waals surface area contributed by atoms with Crippen molar-refractivity contribution in [1.29, 1.82) is 0 Å². The van der Waals surface area contributed by atoms with Crippen LogP contribution in [-0.2, 0) is 6.54 Å². The number of halogens is 1. The van der Waals surface area contributed by atoms with E-state index >= 15 is 0 Å². The number of benzene rings is 3. The zero-order valence-electron chi connectivity index (χ0n) is 23.6. The fourth-order valence-corrected chi connectivity index (χ4v) is 7.41. The molecule has 0 atom stereocenters. The van der Waals surface area contributed by atoms with Gasteiger partial charge in [-0.05, 0) is 104 Å². The number of fused-ring (bicyclic) bond motifs is 1. The van der Waals surface area contributed by atoms with E-state index in [0.29, 0.717) is 10.8 Å². The lowest BCUT2D eigenvalue weighted by Gasteiger charge is -2.36. The Labute approximate surface area is 256 Å². The third-order valence-electron chi connectivity index (χ3n) is 8.51. The Kier molecular flexibility index (Phi) is 8.12. The second kappa shape index (κ2) is 12.4. The molecule has 0 aliphatic carbocycles. The van der Waals surface area contributed by atoms with E-state index in [1.54, 1.807) is 0 Å². The highest BCUT2D eigenvalue weighted by Crippen LogP contribution is 2.35. The average molecular weight is 595 g/mol. The van der Waals surface area contributed by atoms with E-state index in [2.05, 4.69) is 44.8 Å². The van der Waals surface area contributed by atoms with Crippen molar-refractivity contribution < 1.29 is 4.74 Å². The zero-order chi connectivity index (χ0) is 28.3. The highest BCUT2D eigenvalue weighted by molar-refractivity contribution is 7.10. The number of piperidine rings is 1. The van der Waals surface area contributed by atoms with Gasteiger partial charge in [0.15, 0.2) is 0 Å². The minimum atomic E-state index is 0.550. The Bertz CT molecular complexity index is 1660. The maximum atomic E-state index is 6.57. The summed E-state index contributed by atoms with van der Waals surface area (Å²) in [7, 11) is 0. The van der Waals surface area contributed by atoms with Crippen molar-refractivity contribution in [3.8, 4) is 22.6 Å². The summed E-state index contributed by atoms with van der Waals surface area (Å²) in [5, 5.41) is 7.43. The van der Waals surface area contributed by atoms with Crippen molar-refractivity contribution in [2.24, 2.45) is 0 Å². The second-order valence-corrected chi connectivity index (χ2v) is 12.7. The van der Waals surface area contributed by atoms with E-state index in [4.69, 9.17) is 21.3 Å². The predicted octanol–water partition coefficient (Wildman–Crippen LogP) is 9.21. The van der Waals surface area contributed by atoms with Gasteiger partial charge in [-0.3, -0.25) is 9.88 Å². The number of para-hydroxylation sites is 1. The third-order valence-corrected chi connectivity index (χ3v) is 9.72. The van der Waals surface area contributed by atoms with E-state index in [9.17, 15) is 0 Å². The number of pyridine rings is 1. The van der Waals surface area contributed by atoms with E-state index in [1.807, 2.05) is 72.1 Å². The summed E-state index contributed by atoms with van der Waals surface area (Å²) < 4.78 is 5.93. The van der Waals surface area contributed by atoms with E-state index < -0.39 is 0 Å². The Hall–Kier alpha value is -3.42. The summed E-state index contributed by atoms with van der Waals surface area (Å²) in [4.78, 5) is 11.5. The molecule has 0 radical (unpaired) electrons. The first kappa shape index (κ1) is 27.4. The number of hydrogen-bond acceptors (Lipinski definition) is 6. The molecule has 0 amide bonds. The van der Waals surface area contributed by atoms with E-state index in [-0.39, 0.29) is 0 Å². The van der Waals surface area contributed by atoms with Crippen LogP contribution in [0.1, 0.15) is 30.6 Å². The molecule has 7 rings (SSSR count). The first-order valence-electron chi connectivity index (χ1n) is 14.9.